The second-order valence-electron chi connectivity index (χ2n) is 7.43. The quantitative estimate of drug-likeness (QED) is 0.180. The van der Waals surface area contributed by atoms with E-state index in [1.165, 1.54) is 6.07 Å². The normalized spacial score (nSPS) is 10.8. The van der Waals surface area contributed by atoms with E-state index in [0.717, 1.165) is 28.8 Å². The van der Waals surface area contributed by atoms with E-state index in [2.05, 4.69) is 5.32 Å². The van der Waals surface area contributed by atoms with Crippen molar-refractivity contribution < 1.29 is 28.1 Å². The smallest absolute Gasteiger partial charge is 0.375 e. The van der Waals surface area contributed by atoms with E-state index < -0.39 is 34.9 Å². The lowest BCUT2D eigenvalue weighted by Gasteiger charge is -2.07. The zero-order valence-corrected chi connectivity index (χ0v) is 19.0. The number of benzene rings is 3. The number of anilines is 1. The molecular weight excluding hydrogens is 475 g/mol. The molecule has 1 amide bonds. The van der Waals surface area contributed by atoms with E-state index in [4.69, 9.17) is 9.15 Å². The number of para-hydroxylation sites is 1. The van der Waals surface area contributed by atoms with Crippen molar-refractivity contribution in [2.24, 2.45) is 0 Å². The largest absolute Gasteiger partial charge is 0.450 e. The predicted molar refractivity (Wildman–Crippen MR) is 130 cm³/mol. The van der Waals surface area contributed by atoms with Crippen molar-refractivity contribution in [2.75, 3.05) is 11.9 Å². The van der Waals surface area contributed by atoms with Gasteiger partial charge in [-0.1, -0.05) is 48.5 Å². The SMILES string of the molecule is O=C(COC(=O)c1oc2ccccc2c1CSCc1ccccc1)Nc1ccc(F)c([N+](=O)[O-])c1. The van der Waals surface area contributed by atoms with Crippen LogP contribution < -0.4 is 5.32 Å². The second kappa shape index (κ2) is 10.8. The number of amides is 1. The first kappa shape index (κ1) is 24.0. The van der Waals surface area contributed by atoms with E-state index in [0.29, 0.717) is 16.9 Å². The van der Waals surface area contributed by atoms with Crippen molar-refractivity contribution in [1.29, 1.82) is 0 Å². The number of nitro groups is 1. The molecule has 1 N–H and O–H groups in total. The topological polar surface area (TPSA) is 112 Å². The minimum absolute atomic E-state index is 0.000821. The van der Waals surface area contributed by atoms with Gasteiger partial charge in [0.15, 0.2) is 6.61 Å². The Hall–Kier alpha value is -4.18. The molecular formula is C25H19FN2O6S. The highest BCUT2D eigenvalue weighted by molar-refractivity contribution is 7.97. The molecule has 0 saturated heterocycles. The number of hydrogen-bond donors (Lipinski definition) is 1. The van der Waals surface area contributed by atoms with Gasteiger partial charge in [0.1, 0.15) is 5.58 Å². The van der Waals surface area contributed by atoms with E-state index in [9.17, 15) is 24.1 Å². The van der Waals surface area contributed by atoms with Crippen molar-refractivity contribution in [2.45, 2.75) is 11.5 Å². The van der Waals surface area contributed by atoms with Crippen LogP contribution in [0.2, 0.25) is 0 Å². The number of fused-ring (bicyclic) bond motifs is 1. The molecule has 0 bridgehead atoms. The minimum atomic E-state index is -1.03. The number of nitro benzene ring substituents is 1. The molecule has 0 aliphatic heterocycles. The third-order valence-electron chi connectivity index (χ3n) is 5.00. The summed E-state index contributed by atoms with van der Waals surface area (Å²) in [6.07, 6.45) is 0. The molecule has 0 aliphatic rings. The van der Waals surface area contributed by atoms with Gasteiger partial charge in [0.05, 0.1) is 4.92 Å². The van der Waals surface area contributed by atoms with Crippen LogP contribution >= 0.6 is 11.8 Å². The number of carbonyl (C=O) groups is 2. The number of nitrogens with zero attached hydrogens (tertiary/aromatic N) is 1. The Labute approximate surface area is 203 Å². The molecule has 0 unspecified atom stereocenters. The van der Waals surface area contributed by atoms with Crippen molar-refractivity contribution in [3.05, 3.63) is 106 Å². The maximum atomic E-state index is 13.5. The van der Waals surface area contributed by atoms with E-state index >= 15 is 0 Å². The standard InChI is InChI=1S/C25H19FN2O6S/c26-20-11-10-17(12-21(20)28(31)32)27-23(29)13-33-25(30)24-19(18-8-4-5-9-22(18)34-24)15-35-14-16-6-2-1-3-7-16/h1-12H,13-15H2,(H,27,29). The van der Waals surface area contributed by atoms with Gasteiger partial charge in [-0.2, -0.15) is 16.2 Å². The number of hydrogen-bond acceptors (Lipinski definition) is 7. The highest BCUT2D eigenvalue weighted by Gasteiger charge is 2.23. The molecule has 35 heavy (non-hydrogen) atoms. The lowest BCUT2D eigenvalue weighted by atomic mass is 10.1. The fourth-order valence-electron chi connectivity index (χ4n) is 3.38. The molecule has 0 aliphatic carbocycles. The molecule has 10 heteroatoms. The Morgan fingerprint density at radius 1 is 1.03 bits per heavy atom. The van der Waals surface area contributed by atoms with Gasteiger partial charge in [-0.3, -0.25) is 14.9 Å². The van der Waals surface area contributed by atoms with Gasteiger partial charge in [-0.15, -0.1) is 0 Å². The summed E-state index contributed by atoms with van der Waals surface area (Å²) in [4.78, 5) is 34.9. The zero-order chi connectivity index (χ0) is 24.8. The minimum Gasteiger partial charge on any atom is -0.450 e. The first-order valence-corrected chi connectivity index (χ1v) is 11.6. The van der Waals surface area contributed by atoms with Crippen LogP contribution in [0.25, 0.3) is 11.0 Å². The van der Waals surface area contributed by atoms with Gasteiger partial charge in [-0.25, -0.2) is 4.79 Å². The number of halogens is 1. The van der Waals surface area contributed by atoms with Crippen LogP contribution in [-0.4, -0.2) is 23.4 Å². The summed E-state index contributed by atoms with van der Waals surface area (Å²) in [7, 11) is 0. The van der Waals surface area contributed by atoms with E-state index in [1.54, 1.807) is 23.9 Å². The molecule has 0 radical (unpaired) electrons. The van der Waals surface area contributed by atoms with Crippen LogP contribution in [0.1, 0.15) is 21.7 Å². The molecule has 4 aromatic rings. The highest BCUT2D eigenvalue weighted by Crippen LogP contribution is 2.31. The van der Waals surface area contributed by atoms with Gasteiger partial charge >= 0.3 is 11.7 Å². The summed E-state index contributed by atoms with van der Waals surface area (Å²) < 4.78 is 24.3. The Morgan fingerprint density at radius 2 is 1.77 bits per heavy atom. The van der Waals surface area contributed by atoms with Crippen LogP contribution in [0.15, 0.2) is 77.2 Å². The van der Waals surface area contributed by atoms with Gasteiger partial charge in [0.2, 0.25) is 11.6 Å². The monoisotopic (exact) mass is 494 g/mol. The summed E-state index contributed by atoms with van der Waals surface area (Å²) in [6, 6.07) is 20.0. The second-order valence-corrected chi connectivity index (χ2v) is 8.42. The lowest BCUT2D eigenvalue weighted by molar-refractivity contribution is -0.387. The fraction of sp³-hybridized carbons (Fsp3) is 0.120. The summed E-state index contributed by atoms with van der Waals surface area (Å²) in [6.45, 7) is -0.655. The summed E-state index contributed by atoms with van der Waals surface area (Å²) in [5.41, 5.74) is 1.56. The Kier molecular flexibility index (Phi) is 7.41. The molecule has 8 nitrogen and oxygen atoms in total. The first-order chi connectivity index (χ1) is 16.9. The fourth-order valence-corrected chi connectivity index (χ4v) is 4.40. The number of ether oxygens (including phenoxy) is 1. The maximum absolute atomic E-state index is 13.5. The molecule has 4 rings (SSSR count). The molecule has 0 fully saturated rings. The van der Waals surface area contributed by atoms with Gasteiger partial charge in [0.25, 0.3) is 5.91 Å². The van der Waals surface area contributed by atoms with Crippen LogP contribution in [0, 0.1) is 15.9 Å². The van der Waals surface area contributed by atoms with Gasteiger partial charge in [-0.05, 0) is 23.8 Å². The van der Waals surface area contributed by atoms with Crippen molar-refractivity contribution in [3.63, 3.8) is 0 Å². The van der Waals surface area contributed by atoms with Crippen LogP contribution in [0.5, 0.6) is 0 Å². The number of carbonyl (C=O) groups excluding carboxylic acids is 2. The third-order valence-corrected chi connectivity index (χ3v) is 6.03. The number of nitrogens with one attached hydrogen (secondary N) is 1. The number of esters is 1. The van der Waals surface area contributed by atoms with Crippen LogP contribution in [-0.2, 0) is 21.0 Å². The van der Waals surface area contributed by atoms with Crippen LogP contribution in [0.3, 0.4) is 0 Å². The zero-order valence-electron chi connectivity index (χ0n) is 18.2. The van der Waals surface area contributed by atoms with Crippen molar-refractivity contribution >= 4 is 46.0 Å². The van der Waals surface area contributed by atoms with Crippen LogP contribution in [0.4, 0.5) is 15.8 Å². The van der Waals surface area contributed by atoms with E-state index in [-0.39, 0.29) is 11.4 Å². The average Bonchev–Trinajstić information content (AvgIpc) is 3.23. The Bertz CT molecular complexity index is 1390. The molecule has 1 aromatic heterocycles. The molecule has 1 heterocycles. The maximum Gasteiger partial charge on any atom is 0.375 e. The molecule has 0 atom stereocenters. The number of thioether (sulfide) groups is 1. The molecule has 0 spiro atoms. The predicted octanol–water partition coefficient (Wildman–Crippen LogP) is 5.71. The van der Waals surface area contributed by atoms with E-state index in [1.807, 2.05) is 42.5 Å². The summed E-state index contributed by atoms with van der Waals surface area (Å²) >= 11 is 1.61. The molecule has 178 valence electrons. The first-order valence-electron chi connectivity index (χ1n) is 10.5. The van der Waals surface area contributed by atoms with Crippen molar-refractivity contribution in [1.82, 2.24) is 0 Å². The number of rotatable bonds is 9. The van der Waals surface area contributed by atoms with Crippen molar-refractivity contribution in [3.8, 4) is 0 Å². The molecule has 0 saturated carbocycles. The lowest BCUT2D eigenvalue weighted by Crippen LogP contribution is -2.21. The molecule has 3 aromatic carbocycles. The van der Waals surface area contributed by atoms with Gasteiger partial charge in [0, 0.05) is 34.2 Å². The Morgan fingerprint density at radius 3 is 2.54 bits per heavy atom. The number of furan rings is 1. The average molecular weight is 495 g/mol. The third kappa shape index (κ3) is 5.85. The van der Waals surface area contributed by atoms with Gasteiger partial charge < -0.3 is 14.5 Å². The summed E-state index contributed by atoms with van der Waals surface area (Å²) in [5, 5.41) is 14.0. The summed E-state index contributed by atoms with van der Waals surface area (Å²) in [5.74, 6) is -1.34. The highest BCUT2D eigenvalue weighted by atomic mass is 32.2. The Balaban J connectivity index is 1.42.